The molecule has 0 fully saturated rings. The quantitative estimate of drug-likeness (QED) is 0.205. The molecule has 2 nitrogen and oxygen atoms in total. The Morgan fingerprint density at radius 3 is 2.00 bits per heavy atom. The van der Waals surface area contributed by atoms with E-state index in [-0.39, 0.29) is 5.97 Å². The second-order valence-corrected chi connectivity index (χ2v) is 6.34. The van der Waals surface area contributed by atoms with E-state index >= 15 is 0 Å². The van der Waals surface area contributed by atoms with Crippen LogP contribution in [0, 0.1) is 0 Å². The maximum atomic E-state index is 11.5. The highest BCUT2D eigenvalue weighted by Crippen LogP contribution is 2.10. The standard InChI is InChI=1S/C17H33BrO2/c1-2-3-4-10-13-16-20-17(19)14-11-8-6-5-7-9-12-15-18/h2-16H2,1H3. The lowest BCUT2D eigenvalue weighted by molar-refractivity contribution is -0.143. The highest BCUT2D eigenvalue weighted by Gasteiger charge is 2.02. The number of ether oxygens (including phenoxy) is 1. The molecule has 0 rings (SSSR count). The van der Waals surface area contributed by atoms with E-state index in [1.807, 2.05) is 0 Å². The van der Waals surface area contributed by atoms with Gasteiger partial charge in [0.25, 0.3) is 0 Å². The fourth-order valence-electron chi connectivity index (χ4n) is 2.21. The van der Waals surface area contributed by atoms with Crippen molar-refractivity contribution in [2.75, 3.05) is 11.9 Å². The van der Waals surface area contributed by atoms with Crippen molar-refractivity contribution in [2.24, 2.45) is 0 Å². The van der Waals surface area contributed by atoms with Crippen LogP contribution in [0.25, 0.3) is 0 Å². The van der Waals surface area contributed by atoms with Crippen molar-refractivity contribution in [3.8, 4) is 0 Å². The minimum Gasteiger partial charge on any atom is -0.466 e. The normalized spacial score (nSPS) is 10.7. The highest BCUT2D eigenvalue weighted by molar-refractivity contribution is 9.09. The van der Waals surface area contributed by atoms with Crippen LogP contribution in [0.5, 0.6) is 0 Å². The van der Waals surface area contributed by atoms with Crippen LogP contribution in [-0.4, -0.2) is 17.9 Å². The van der Waals surface area contributed by atoms with Gasteiger partial charge in [-0.1, -0.05) is 80.6 Å². The minimum absolute atomic E-state index is 0.000203. The second-order valence-electron chi connectivity index (χ2n) is 5.55. The van der Waals surface area contributed by atoms with E-state index in [2.05, 4.69) is 22.9 Å². The Labute approximate surface area is 134 Å². The van der Waals surface area contributed by atoms with Crippen LogP contribution >= 0.6 is 15.9 Å². The number of unbranched alkanes of at least 4 members (excludes halogenated alkanes) is 10. The molecule has 0 saturated carbocycles. The van der Waals surface area contributed by atoms with E-state index in [1.165, 1.54) is 64.2 Å². The molecule has 0 aromatic rings. The number of hydrogen-bond acceptors (Lipinski definition) is 2. The largest absolute Gasteiger partial charge is 0.466 e. The Hall–Kier alpha value is -0.0500. The fraction of sp³-hybridized carbons (Fsp3) is 0.941. The number of hydrogen-bond donors (Lipinski definition) is 0. The van der Waals surface area contributed by atoms with Crippen molar-refractivity contribution in [3.05, 3.63) is 0 Å². The Balaban J connectivity index is 3.12. The van der Waals surface area contributed by atoms with Crippen molar-refractivity contribution in [2.45, 2.75) is 90.4 Å². The summed E-state index contributed by atoms with van der Waals surface area (Å²) in [4.78, 5) is 11.5. The van der Waals surface area contributed by atoms with E-state index in [1.54, 1.807) is 0 Å². The zero-order chi connectivity index (χ0) is 14.9. The summed E-state index contributed by atoms with van der Waals surface area (Å²) < 4.78 is 5.24. The lowest BCUT2D eigenvalue weighted by atomic mass is 10.1. The fourth-order valence-corrected chi connectivity index (χ4v) is 2.61. The van der Waals surface area contributed by atoms with E-state index in [4.69, 9.17) is 4.74 Å². The van der Waals surface area contributed by atoms with E-state index in [0.717, 1.165) is 18.2 Å². The second kappa shape index (κ2) is 17.0. The van der Waals surface area contributed by atoms with E-state index in [0.29, 0.717) is 13.0 Å². The first kappa shape index (κ1) is 19.9. The smallest absolute Gasteiger partial charge is 0.305 e. The van der Waals surface area contributed by atoms with Gasteiger partial charge in [0.05, 0.1) is 6.61 Å². The number of esters is 1. The average molecular weight is 349 g/mol. The molecule has 0 spiro atoms. The number of rotatable bonds is 15. The molecule has 0 atom stereocenters. The molecule has 120 valence electrons. The Morgan fingerprint density at radius 2 is 1.35 bits per heavy atom. The maximum absolute atomic E-state index is 11.5. The summed E-state index contributed by atoms with van der Waals surface area (Å²) in [6, 6.07) is 0. The Morgan fingerprint density at radius 1 is 0.800 bits per heavy atom. The zero-order valence-electron chi connectivity index (χ0n) is 13.3. The van der Waals surface area contributed by atoms with Crippen molar-refractivity contribution < 1.29 is 9.53 Å². The topological polar surface area (TPSA) is 26.3 Å². The first-order valence-corrected chi connectivity index (χ1v) is 9.65. The van der Waals surface area contributed by atoms with Gasteiger partial charge in [-0.2, -0.15) is 0 Å². The molecule has 0 aliphatic rings. The summed E-state index contributed by atoms with van der Waals surface area (Å²) in [5, 5.41) is 1.12. The van der Waals surface area contributed by atoms with Gasteiger partial charge in [-0.3, -0.25) is 4.79 Å². The van der Waals surface area contributed by atoms with Crippen molar-refractivity contribution in [3.63, 3.8) is 0 Å². The highest BCUT2D eigenvalue weighted by atomic mass is 79.9. The Kier molecular flexibility index (Phi) is 17.0. The first-order valence-electron chi connectivity index (χ1n) is 8.52. The summed E-state index contributed by atoms with van der Waals surface area (Å²) in [6.45, 7) is 2.83. The van der Waals surface area contributed by atoms with Gasteiger partial charge < -0.3 is 4.74 Å². The predicted molar refractivity (Wildman–Crippen MR) is 90.4 cm³/mol. The third-order valence-corrected chi connectivity index (χ3v) is 4.09. The molecule has 0 aromatic heterocycles. The predicted octanol–water partition coefficient (Wildman–Crippen LogP) is 6.02. The third kappa shape index (κ3) is 16.0. The first-order chi connectivity index (χ1) is 9.81. The molecule has 0 unspecified atom stereocenters. The van der Waals surface area contributed by atoms with E-state index in [9.17, 15) is 4.79 Å². The zero-order valence-corrected chi connectivity index (χ0v) is 14.9. The molecule has 0 N–H and O–H groups in total. The van der Waals surface area contributed by atoms with E-state index < -0.39 is 0 Å². The lowest BCUT2D eigenvalue weighted by Gasteiger charge is -2.05. The lowest BCUT2D eigenvalue weighted by Crippen LogP contribution is -2.05. The molecule has 0 heterocycles. The third-order valence-electron chi connectivity index (χ3n) is 3.53. The summed E-state index contributed by atoms with van der Waals surface area (Å²) >= 11 is 3.45. The summed E-state index contributed by atoms with van der Waals surface area (Å²) in [5.74, 6) is -0.000203. The molecule has 0 aromatic carbocycles. The molecule has 0 amide bonds. The average Bonchev–Trinajstić information content (AvgIpc) is 2.45. The van der Waals surface area contributed by atoms with Gasteiger partial charge in [0.15, 0.2) is 0 Å². The van der Waals surface area contributed by atoms with Crippen LogP contribution in [0.2, 0.25) is 0 Å². The van der Waals surface area contributed by atoms with Crippen LogP contribution in [0.3, 0.4) is 0 Å². The number of alkyl halides is 1. The van der Waals surface area contributed by atoms with Crippen LogP contribution < -0.4 is 0 Å². The van der Waals surface area contributed by atoms with Crippen molar-refractivity contribution in [1.82, 2.24) is 0 Å². The molecule has 3 heteroatoms. The Bertz CT molecular complexity index is 207. The van der Waals surface area contributed by atoms with Crippen molar-refractivity contribution >= 4 is 21.9 Å². The van der Waals surface area contributed by atoms with Crippen molar-refractivity contribution in [1.29, 1.82) is 0 Å². The van der Waals surface area contributed by atoms with Crippen LogP contribution in [0.15, 0.2) is 0 Å². The van der Waals surface area contributed by atoms with Gasteiger partial charge in [-0.15, -0.1) is 0 Å². The molecule has 0 bridgehead atoms. The van der Waals surface area contributed by atoms with Gasteiger partial charge >= 0.3 is 5.97 Å². The summed E-state index contributed by atoms with van der Waals surface area (Å²) in [6.07, 6.45) is 15.3. The van der Waals surface area contributed by atoms with Gasteiger partial charge in [0, 0.05) is 11.8 Å². The van der Waals surface area contributed by atoms with Gasteiger partial charge in [0.1, 0.15) is 0 Å². The summed E-state index contributed by atoms with van der Waals surface area (Å²) in [5.41, 5.74) is 0. The van der Waals surface area contributed by atoms with Crippen LogP contribution in [0.1, 0.15) is 90.4 Å². The number of carbonyl (C=O) groups is 1. The summed E-state index contributed by atoms with van der Waals surface area (Å²) in [7, 11) is 0. The molecule has 0 aliphatic carbocycles. The number of carbonyl (C=O) groups excluding carboxylic acids is 1. The molecular weight excluding hydrogens is 316 g/mol. The molecular formula is C17H33BrO2. The SMILES string of the molecule is CCCCCCCOC(=O)CCCCCCCCCBr. The van der Waals surface area contributed by atoms with Gasteiger partial charge in [-0.25, -0.2) is 0 Å². The molecule has 0 radical (unpaired) electrons. The van der Waals surface area contributed by atoms with Gasteiger partial charge in [0.2, 0.25) is 0 Å². The van der Waals surface area contributed by atoms with Crippen LogP contribution in [0.4, 0.5) is 0 Å². The van der Waals surface area contributed by atoms with Crippen LogP contribution in [-0.2, 0) is 9.53 Å². The number of halogens is 1. The monoisotopic (exact) mass is 348 g/mol. The maximum Gasteiger partial charge on any atom is 0.305 e. The molecule has 0 aliphatic heterocycles. The molecule has 0 saturated heterocycles. The minimum atomic E-state index is -0.000203. The molecule has 20 heavy (non-hydrogen) atoms. The van der Waals surface area contributed by atoms with Gasteiger partial charge in [-0.05, 0) is 19.3 Å².